The molecule has 22 heavy (non-hydrogen) atoms. The molecule has 0 spiro atoms. The first-order valence-electron chi connectivity index (χ1n) is 6.20. The van der Waals surface area contributed by atoms with Gasteiger partial charge in [-0.25, -0.2) is 14.8 Å². The quantitative estimate of drug-likeness (QED) is 0.687. The molecule has 3 N–H and O–H groups in total. The lowest BCUT2D eigenvalue weighted by Gasteiger charge is -2.02. The molecule has 2 aromatic heterocycles. The van der Waals surface area contributed by atoms with E-state index in [0.717, 1.165) is 0 Å². The fourth-order valence-electron chi connectivity index (χ4n) is 1.81. The second-order valence-electron chi connectivity index (χ2n) is 4.26. The van der Waals surface area contributed by atoms with Gasteiger partial charge in [0.05, 0.1) is 23.7 Å². The number of nitrogens with zero attached hydrogens (tertiary/aromatic N) is 2. The second kappa shape index (κ2) is 5.82. The minimum absolute atomic E-state index is 0.268. The largest absolute Gasteiger partial charge is 0.453 e. The number of amides is 2. The summed E-state index contributed by atoms with van der Waals surface area (Å²) < 4.78 is 4.49. The van der Waals surface area contributed by atoms with Crippen molar-refractivity contribution in [3.63, 3.8) is 0 Å². The summed E-state index contributed by atoms with van der Waals surface area (Å²) in [4.78, 5) is 34.1. The third kappa shape index (κ3) is 2.88. The van der Waals surface area contributed by atoms with Gasteiger partial charge in [-0.1, -0.05) is 0 Å². The molecule has 2 heterocycles. The third-order valence-corrected chi connectivity index (χ3v) is 3.40. The Morgan fingerprint density at radius 3 is 2.91 bits per heavy atom. The molecular formula is C13H11N5O3S. The van der Waals surface area contributed by atoms with E-state index in [0.29, 0.717) is 22.4 Å². The van der Waals surface area contributed by atoms with Crippen molar-refractivity contribution in [2.45, 2.75) is 0 Å². The maximum atomic E-state index is 11.9. The summed E-state index contributed by atoms with van der Waals surface area (Å²) in [6.45, 7) is 0. The minimum Gasteiger partial charge on any atom is -0.453 e. The number of imidazole rings is 1. The fraction of sp³-hybridized carbons (Fsp3) is 0.0769. The summed E-state index contributed by atoms with van der Waals surface area (Å²) in [7, 11) is 1.27. The Balaban J connectivity index is 1.80. The molecule has 0 saturated heterocycles. The first kappa shape index (κ1) is 14.0. The van der Waals surface area contributed by atoms with Crippen LogP contribution in [0.3, 0.4) is 0 Å². The highest BCUT2D eigenvalue weighted by Crippen LogP contribution is 2.19. The molecule has 0 fully saturated rings. The number of aromatic nitrogens is 3. The summed E-state index contributed by atoms with van der Waals surface area (Å²) in [6, 6.07) is 5.16. The number of aromatic amines is 1. The lowest BCUT2D eigenvalue weighted by molar-refractivity contribution is 0.102. The van der Waals surface area contributed by atoms with Crippen LogP contribution in [0.5, 0.6) is 0 Å². The van der Waals surface area contributed by atoms with Gasteiger partial charge in [0.25, 0.3) is 5.91 Å². The van der Waals surface area contributed by atoms with E-state index in [-0.39, 0.29) is 11.9 Å². The van der Waals surface area contributed by atoms with E-state index in [2.05, 4.69) is 30.3 Å². The smallest absolute Gasteiger partial charge is 0.413 e. The molecule has 112 valence electrons. The van der Waals surface area contributed by atoms with Crippen LogP contribution in [0.2, 0.25) is 0 Å². The molecule has 3 rings (SSSR count). The van der Waals surface area contributed by atoms with Crippen LogP contribution in [0.1, 0.15) is 10.5 Å². The van der Waals surface area contributed by atoms with Crippen molar-refractivity contribution in [2.75, 3.05) is 17.7 Å². The monoisotopic (exact) mass is 317 g/mol. The Labute approximate surface area is 128 Å². The molecule has 0 radical (unpaired) electrons. The minimum atomic E-state index is -0.615. The maximum Gasteiger partial charge on any atom is 0.413 e. The SMILES string of the molecule is COC(=O)Nc1nc2ccc(NC(=O)c3cscn3)cc2[nH]1. The number of carbonyl (C=O) groups is 2. The summed E-state index contributed by atoms with van der Waals surface area (Å²) in [6.07, 6.45) is -0.615. The van der Waals surface area contributed by atoms with Gasteiger partial charge >= 0.3 is 6.09 Å². The average Bonchev–Trinajstić information content (AvgIpc) is 3.15. The van der Waals surface area contributed by atoms with Gasteiger partial charge in [0, 0.05) is 11.1 Å². The van der Waals surface area contributed by atoms with E-state index in [1.54, 1.807) is 29.1 Å². The molecule has 9 heteroatoms. The number of hydrogen-bond donors (Lipinski definition) is 3. The first-order chi connectivity index (χ1) is 10.7. The number of ether oxygens (including phenoxy) is 1. The van der Waals surface area contributed by atoms with Crippen molar-refractivity contribution in [1.29, 1.82) is 0 Å². The summed E-state index contributed by atoms with van der Waals surface area (Å²) >= 11 is 1.35. The first-order valence-corrected chi connectivity index (χ1v) is 7.14. The van der Waals surface area contributed by atoms with Crippen molar-refractivity contribution < 1.29 is 14.3 Å². The molecule has 0 aliphatic heterocycles. The van der Waals surface area contributed by atoms with Gasteiger partial charge < -0.3 is 15.0 Å². The van der Waals surface area contributed by atoms with Crippen LogP contribution >= 0.6 is 11.3 Å². The third-order valence-electron chi connectivity index (χ3n) is 2.81. The number of benzene rings is 1. The van der Waals surface area contributed by atoms with Crippen LogP contribution in [0.15, 0.2) is 29.1 Å². The topological polar surface area (TPSA) is 109 Å². The lowest BCUT2D eigenvalue weighted by Crippen LogP contribution is -2.12. The van der Waals surface area contributed by atoms with Crippen molar-refractivity contribution in [3.8, 4) is 0 Å². The number of H-pyrrole nitrogens is 1. The molecule has 0 aliphatic carbocycles. The number of hydrogen-bond acceptors (Lipinski definition) is 6. The number of anilines is 2. The Morgan fingerprint density at radius 2 is 2.18 bits per heavy atom. The van der Waals surface area contributed by atoms with Crippen LogP contribution < -0.4 is 10.6 Å². The zero-order valence-electron chi connectivity index (χ0n) is 11.4. The van der Waals surface area contributed by atoms with Crippen LogP contribution in [-0.4, -0.2) is 34.1 Å². The van der Waals surface area contributed by atoms with Gasteiger partial charge in [-0.05, 0) is 18.2 Å². The molecule has 0 bridgehead atoms. The Hall–Kier alpha value is -2.94. The molecule has 0 aliphatic rings. The Morgan fingerprint density at radius 1 is 1.32 bits per heavy atom. The zero-order chi connectivity index (χ0) is 15.5. The van der Waals surface area contributed by atoms with Gasteiger partial charge in [-0.3, -0.25) is 10.1 Å². The average molecular weight is 317 g/mol. The van der Waals surface area contributed by atoms with Crippen LogP contribution in [0.25, 0.3) is 11.0 Å². The molecule has 2 amide bonds. The van der Waals surface area contributed by atoms with Crippen molar-refractivity contribution in [3.05, 3.63) is 34.8 Å². The Kier molecular flexibility index (Phi) is 3.71. The highest BCUT2D eigenvalue weighted by Gasteiger charge is 2.10. The highest BCUT2D eigenvalue weighted by molar-refractivity contribution is 7.07. The maximum absolute atomic E-state index is 11.9. The van der Waals surface area contributed by atoms with E-state index in [1.165, 1.54) is 18.4 Å². The van der Waals surface area contributed by atoms with E-state index in [9.17, 15) is 9.59 Å². The number of carbonyl (C=O) groups excluding carboxylic acids is 2. The molecular weight excluding hydrogens is 306 g/mol. The standard InChI is InChI=1S/C13H11N5O3S/c1-21-13(20)18-12-16-8-3-2-7(4-9(8)17-12)15-11(19)10-5-22-6-14-10/h2-6H,1H3,(H,15,19)(H2,16,17,18,20). The second-order valence-corrected chi connectivity index (χ2v) is 4.98. The van der Waals surface area contributed by atoms with Gasteiger partial charge in [-0.15, -0.1) is 11.3 Å². The number of thiazole rings is 1. The van der Waals surface area contributed by atoms with Crippen LogP contribution in [-0.2, 0) is 4.74 Å². The van der Waals surface area contributed by atoms with E-state index in [4.69, 9.17) is 0 Å². The molecule has 0 saturated carbocycles. The van der Waals surface area contributed by atoms with Gasteiger partial charge in [0.15, 0.2) is 0 Å². The zero-order valence-corrected chi connectivity index (χ0v) is 12.2. The molecule has 0 unspecified atom stereocenters. The molecule has 0 atom stereocenters. The number of methoxy groups -OCH3 is 1. The van der Waals surface area contributed by atoms with E-state index >= 15 is 0 Å². The van der Waals surface area contributed by atoms with Crippen molar-refractivity contribution >= 4 is 46.0 Å². The molecule has 8 nitrogen and oxygen atoms in total. The summed E-state index contributed by atoms with van der Waals surface area (Å²) in [5, 5.41) is 6.85. The number of nitrogens with one attached hydrogen (secondary N) is 3. The molecule has 3 aromatic rings. The highest BCUT2D eigenvalue weighted by atomic mass is 32.1. The fourth-order valence-corrected chi connectivity index (χ4v) is 2.35. The molecule has 1 aromatic carbocycles. The number of rotatable bonds is 3. The lowest BCUT2D eigenvalue weighted by atomic mass is 10.2. The van der Waals surface area contributed by atoms with E-state index < -0.39 is 6.09 Å². The summed E-state index contributed by atoms with van der Waals surface area (Å²) in [5.41, 5.74) is 3.87. The van der Waals surface area contributed by atoms with Gasteiger partial charge in [-0.2, -0.15) is 0 Å². The van der Waals surface area contributed by atoms with Gasteiger partial charge in [0.2, 0.25) is 5.95 Å². The van der Waals surface area contributed by atoms with E-state index in [1.807, 2.05) is 0 Å². The normalized spacial score (nSPS) is 10.4. The number of fused-ring (bicyclic) bond motifs is 1. The van der Waals surface area contributed by atoms with Crippen LogP contribution in [0.4, 0.5) is 16.4 Å². The van der Waals surface area contributed by atoms with Crippen molar-refractivity contribution in [2.24, 2.45) is 0 Å². The van der Waals surface area contributed by atoms with Crippen LogP contribution in [0, 0.1) is 0 Å². The Bertz CT molecular complexity index is 827. The van der Waals surface area contributed by atoms with Crippen molar-refractivity contribution in [1.82, 2.24) is 15.0 Å². The predicted molar refractivity (Wildman–Crippen MR) is 82.2 cm³/mol. The summed E-state index contributed by atoms with van der Waals surface area (Å²) in [5.74, 6) is -0.0159. The predicted octanol–water partition coefficient (Wildman–Crippen LogP) is 2.45. The van der Waals surface area contributed by atoms with Gasteiger partial charge in [0.1, 0.15) is 5.69 Å².